The zero-order chi connectivity index (χ0) is 13.2. The molecule has 0 radical (unpaired) electrons. The second kappa shape index (κ2) is 5.00. The smallest absolute Gasteiger partial charge is 0.261 e. The summed E-state index contributed by atoms with van der Waals surface area (Å²) >= 11 is 0. The largest absolute Gasteiger partial charge is 0.489 e. The van der Waals surface area contributed by atoms with E-state index in [4.69, 9.17) is 15.4 Å². The Kier molecular flexibility index (Phi) is 3.59. The zero-order valence-electron chi connectivity index (χ0n) is 9.47. The van der Waals surface area contributed by atoms with E-state index >= 15 is 0 Å². The van der Waals surface area contributed by atoms with Gasteiger partial charge in [0.25, 0.3) is 9.05 Å². The first-order chi connectivity index (χ1) is 8.54. The molecule has 0 atom stereocenters. The van der Waals surface area contributed by atoms with Crippen LogP contribution in [0.25, 0.3) is 10.8 Å². The number of halogens is 1. The summed E-state index contributed by atoms with van der Waals surface area (Å²) in [4.78, 5) is 0.0886. The van der Waals surface area contributed by atoms with E-state index < -0.39 is 9.05 Å². The molecule has 0 aliphatic heterocycles. The summed E-state index contributed by atoms with van der Waals surface area (Å²) in [6.45, 7) is 3.93. The molecule has 0 unspecified atom stereocenters. The summed E-state index contributed by atoms with van der Waals surface area (Å²) in [6, 6.07) is 10.1. The predicted molar refractivity (Wildman–Crippen MR) is 72.7 cm³/mol. The lowest BCUT2D eigenvalue weighted by Gasteiger charge is -2.09. The molecule has 2 aromatic rings. The maximum atomic E-state index is 11.5. The Morgan fingerprint density at radius 2 is 1.83 bits per heavy atom. The number of rotatable bonds is 4. The minimum Gasteiger partial charge on any atom is -0.489 e. The fourth-order valence-electron chi connectivity index (χ4n) is 1.73. The topological polar surface area (TPSA) is 43.4 Å². The van der Waals surface area contributed by atoms with Crippen LogP contribution in [0.4, 0.5) is 0 Å². The van der Waals surface area contributed by atoms with Crippen molar-refractivity contribution in [1.29, 1.82) is 0 Å². The van der Waals surface area contributed by atoms with Crippen molar-refractivity contribution < 1.29 is 13.2 Å². The fourth-order valence-corrected chi connectivity index (χ4v) is 2.81. The summed E-state index contributed by atoms with van der Waals surface area (Å²) in [7, 11) is 1.64. The quantitative estimate of drug-likeness (QED) is 0.638. The first-order valence-electron chi connectivity index (χ1n) is 5.24. The third-order valence-electron chi connectivity index (χ3n) is 2.46. The van der Waals surface area contributed by atoms with Crippen molar-refractivity contribution in [3.8, 4) is 5.75 Å². The van der Waals surface area contributed by atoms with Gasteiger partial charge in [-0.3, -0.25) is 0 Å². The molecule has 0 aromatic heterocycles. The van der Waals surface area contributed by atoms with Crippen LogP contribution in [0.1, 0.15) is 0 Å². The van der Waals surface area contributed by atoms with Gasteiger partial charge in [0.2, 0.25) is 0 Å². The number of hydrogen-bond acceptors (Lipinski definition) is 3. The van der Waals surface area contributed by atoms with Gasteiger partial charge in [-0.25, -0.2) is 8.42 Å². The molecule has 3 nitrogen and oxygen atoms in total. The van der Waals surface area contributed by atoms with Gasteiger partial charge in [-0.15, -0.1) is 0 Å². The lowest BCUT2D eigenvalue weighted by Crippen LogP contribution is -1.97. The van der Waals surface area contributed by atoms with E-state index in [1.807, 2.05) is 6.07 Å². The minimum atomic E-state index is -3.77. The normalized spacial score (nSPS) is 11.4. The van der Waals surface area contributed by atoms with E-state index in [0.29, 0.717) is 23.1 Å². The first kappa shape index (κ1) is 12.9. The Bertz CT molecular complexity index is 692. The van der Waals surface area contributed by atoms with Crippen LogP contribution in [0.2, 0.25) is 0 Å². The van der Waals surface area contributed by atoms with Gasteiger partial charge in [-0.1, -0.05) is 36.9 Å². The van der Waals surface area contributed by atoms with Crippen LogP contribution >= 0.6 is 10.7 Å². The number of hydrogen-bond donors (Lipinski definition) is 0. The molecule has 0 saturated heterocycles. The predicted octanol–water partition coefficient (Wildman–Crippen LogP) is 3.33. The van der Waals surface area contributed by atoms with Crippen molar-refractivity contribution in [3.63, 3.8) is 0 Å². The Balaban J connectivity index is 2.70. The van der Waals surface area contributed by atoms with Crippen LogP contribution in [0.5, 0.6) is 5.75 Å². The molecular formula is C13H11ClO3S. The second-order valence-electron chi connectivity index (χ2n) is 3.64. The van der Waals surface area contributed by atoms with Crippen LogP contribution in [-0.2, 0) is 9.05 Å². The Morgan fingerprint density at radius 1 is 1.17 bits per heavy atom. The molecule has 0 bridgehead atoms. The maximum Gasteiger partial charge on any atom is 0.261 e. The molecule has 2 rings (SSSR count). The van der Waals surface area contributed by atoms with E-state index in [1.54, 1.807) is 30.3 Å². The van der Waals surface area contributed by atoms with E-state index in [0.717, 1.165) is 0 Å². The van der Waals surface area contributed by atoms with Gasteiger partial charge in [0.15, 0.2) is 0 Å². The minimum absolute atomic E-state index is 0.0886. The molecular weight excluding hydrogens is 272 g/mol. The summed E-state index contributed by atoms with van der Waals surface area (Å²) in [5, 5.41) is 1.26. The molecule has 0 heterocycles. The molecule has 0 aliphatic carbocycles. The van der Waals surface area contributed by atoms with Gasteiger partial charge < -0.3 is 4.74 Å². The summed E-state index contributed by atoms with van der Waals surface area (Å²) in [5.41, 5.74) is 0. The third kappa shape index (κ3) is 2.49. The molecule has 0 spiro atoms. The standard InChI is InChI=1S/C13H11ClO3S/c1-2-9-17-12-7-8-13(18(14,15)16)11-6-4-3-5-10(11)12/h2-8H,1,9H2. The number of ether oxygens (including phenoxy) is 1. The average Bonchev–Trinajstić information content (AvgIpc) is 2.34. The Labute approximate surface area is 110 Å². The Hall–Kier alpha value is -1.52. The SMILES string of the molecule is C=CCOc1ccc(S(=O)(=O)Cl)c2ccccc12. The van der Waals surface area contributed by atoms with E-state index in [2.05, 4.69) is 6.58 Å². The summed E-state index contributed by atoms with van der Waals surface area (Å²) in [6.07, 6.45) is 1.63. The molecule has 0 N–H and O–H groups in total. The van der Waals surface area contributed by atoms with Crippen molar-refractivity contribution in [3.05, 3.63) is 49.1 Å². The average molecular weight is 283 g/mol. The highest BCUT2D eigenvalue weighted by atomic mass is 35.7. The van der Waals surface area contributed by atoms with Crippen LogP contribution < -0.4 is 4.74 Å². The van der Waals surface area contributed by atoms with Crippen LogP contribution in [0, 0.1) is 0 Å². The van der Waals surface area contributed by atoms with E-state index in [9.17, 15) is 8.42 Å². The molecule has 5 heteroatoms. The third-order valence-corrected chi connectivity index (χ3v) is 3.84. The molecule has 0 amide bonds. The van der Waals surface area contributed by atoms with Crippen LogP contribution in [0.3, 0.4) is 0 Å². The van der Waals surface area contributed by atoms with Crippen molar-refractivity contribution >= 4 is 30.5 Å². The monoisotopic (exact) mass is 282 g/mol. The highest BCUT2D eigenvalue weighted by molar-refractivity contribution is 8.14. The second-order valence-corrected chi connectivity index (χ2v) is 6.18. The number of fused-ring (bicyclic) bond motifs is 1. The fraction of sp³-hybridized carbons (Fsp3) is 0.0769. The highest BCUT2D eigenvalue weighted by Gasteiger charge is 2.15. The molecule has 0 saturated carbocycles. The van der Waals surface area contributed by atoms with Crippen molar-refractivity contribution in [1.82, 2.24) is 0 Å². The van der Waals surface area contributed by atoms with Crippen molar-refractivity contribution in [2.45, 2.75) is 4.90 Å². The molecule has 2 aromatic carbocycles. The molecule has 94 valence electrons. The van der Waals surface area contributed by atoms with Gasteiger partial charge in [0, 0.05) is 21.5 Å². The molecule has 0 aliphatic rings. The lowest BCUT2D eigenvalue weighted by molar-refractivity contribution is 0.367. The van der Waals surface area contributed by atoms with Gasteiger partial charge >= 0.3 is 0 Å². The summed E-state index contributed by atoms with van der Waals surface area (Å²) in [5.74, 6) is 0.606. The van der Waals surface area contributed by atoms with Crippen molar-refractivity contribution in [2.75, 3.05) is 6.61 Å². The van der Waals surface area contributed by atoms with Gasteiger partial charge in [-0.2, -0.15) is 0 Å². The number of benzene rings is 2. The molecule has 0 fully saturated rings. The van der Waals surface area contributed by atoms with Crippen molar-refractivity contribution in [2.24, 2.45) is 0 Å². The lowest BCUT2D eigenvalue weighted by atomic mass is 10.1. The first-order valence-corrected chi connectivity index (χ1v) is 7.55. The van der Waals surface area contributed by atoms with Gasteiger partial charge in [0.1, 0.15) is 12.4 Å². The van der Waals surface area contributed by atoms with E-state index in [-0.39, 0.29) is 4.90 Å². The highest BCUT2D eigenvalue weighted by Crippen LogP contribution is 2.32. The summed E-state index contributed by atoms with van der Waals surface area (Å²) < 4.78 is 28.4. The Morgan fingerprint density at radius 3 is 2.44 bits per heavy atom. The van der Waals surface area contributed by atoms with Gasteiger partial charge in [0.05, 0.1) is 4.90 Å². The van der Waals surface area contributed by atoms with E-state index in [1.165, 1.54) is 6.07 Å². The zero-order valence-corrected chi connectivity index (χ0v) is 11.0. The molecule has 18 heavy (non-hydrogen) atoms. The van der Waals surface area contributed by atoms with Crippen LogP contribution in [0.15, 0.2) is 53.9 Å². The van der Waals surface area contributed by atoms with Gasteiger partial charge in [-0.05, 0) is 12.1 Å². The van der Waals surface area contributed by atoms with Crippen LogP contribution in [-0.4, -0.2) is 15.0 Å². The maximum absolute atomic E-state index is 11.5.